The van der Waals surface area contributed by atoms with E-state index in [0.29, 0.717) is 11.5 Å². The number of pyridine rings is 1. The third kappa shape index (κ3) is 3.15. The number of piperidine rings is 1. The minimum Gasteiger partial charge on any atom is -0.390 e. The van der Waals surface area contributed by atoms with E-state index in [4.69, 9.17) is 5.73 Å². The number of hydrogen-bond donors (Lipinski definition) is 2. The maximum absolute atomic E-state index is 11.5. The number of amides is 1. The van der Waals surface area contributed by atoms with Crippen molar-refractivity contribution in [2.75, 3.05) is 18.0 Å². The lowest BCUT2D eigenvalue weighted by atomic mass is 9.83. The molecule has 122 valence electrons. The van der Waals surface area contributed by atoms with Crippen LogP contribution in [0.1, 0.15) is 37.0 Å². The Morgan fingerprint density at radius 2 is 2.00 bits per heavy atom. The van der Waals surface area contributed by atoms with Gasteiger partial charge in [-0.05, 0) is 44.7 Å². The number of rotatable bonds is 3. The zero-order valence-corrected chi connectivity index (χ0v) is 13.6. The Morgan fingerprint density at radius 1 is 1.30 bits per heavy atom. The molecule has 0 saturated carbocycles. The summed E-state index contributed by atoms with van der Waals surface area (Å²) in [7, 11) is 0. The summed E-state index contributed by atoms with van der Waals surface area (Å²) in [6.07, 6.45) is 5.52. The summed E-state index contributed by atoms with van der Waals surface area (Å²) >= 11 is 0. The van der Waals surface area contributed by atoms with Crippen molar-refractivity contribution in [2.24, 2.45) is 11.7 Å². The van der Waals surface area contributed by atoms with E-state index in [2.05, 4.69) is 9.88 Å². The summed E-state index contributed by atoms with van der Waals surface area (Å²) in [6, 6.07) is 5.46. The minimum atomic E-state index is -0.637. The van der Waals surface area contributed by atoms with Crippen LogP contribution in [0.2, 0.25) is 0 Å². The molecule has 1 aromatic heterocycles. The van der Waals surface area contributed by atoms with Crippen LogP contribution < -0.4 is 10.6 Å². The highest BCUT2D eigenvalue weighted by Crippen LogP contribution is 2.33. The third-order valence-corrected chi connectivity index (χ3v) is 4.86. The molecule has 2 aromatic rings. The second-order valence-electron chi connectivity index (χ2n) is 6.87. The van der Waals surface area contributed by atoms with Crippen LogP contribution in [0.5, 0.6) is 0 Å². The first-order chi connectivity index (χ1) is 10.9. The number of carbonyl (C=O) groups is 1. The molecule has 2 heterocycles. The van der Waals surface area contributed by atoms with Gasteiger partial charge in [0.15, 0.2) is 0 Å². The number of anilines is 1. The van der Waals surface area contributed by atoms with Gasteiger partial charge in [0, 0.05) is 35.6 Å². The Bertz CT molecular complexity index is 729. The smallest absolute Gasteiger partial charge is 0.248 e. The average molecular weight is 313 g/mol. The quantitative estimate of drug-likeness (QED) is 0.911. The molecule has 0 bridgehead atoms. The SMILES string of the molecule is CC(C)(O)C1CCN(c2cncc3ccc(C(N)=O)cc23)CC1. The van der Waals surface area contributed by atoms with Crippen molar-refractivity contribution in [3.05, 3.63) is 36.2 Å². The molecule has 3 rings (SSSR count). The van der Waals surface area contributed by atoms with E-state index in [9.17, 15) is 9.90 Å². The predicted octanol–water partition coefficient (Wildman–Crippen LogP) is 2.32. The van der Waals surface area contributed by atoms with Crippen LogP contribution in [-0.4, -0.2) is 34.7 Å². The summed E-state index contributed by atoms with van der Waals surface area (Å²) in [6.45, 7) is 5.50. The topological polar surface area (TPSA) is 79.4 Å². The molecule has 1 aliphatic heterocycles. The lowest BCUT2D eigenvalue weighted by Crippen LogP contribution is -2.42. The number of nitrogens with two attached hydrogens (primary N) is 1. The Morgan fingerprint density at radius 3 is 2.61 bits per heavy atom. The van der Waals surface area contributed by atoms with Gasteiger partial charge in [-0.25, -0.2) is 0 Å². The van der Waals surface area contributed by atoms with Gasteiger partial charge in [0.05, 0.1) is 17.5 Å². The van der Waals surface area contributed by atoms with Gasteiger partial charge in [0.2, 0.25) is 5.91 Å². The van der Waals surface area contributed by atoms with Crippen molar-refractivity contribution in [3.8, 4) is 0 Å². The zero-order chi connectivity index (χ0) is 16.6. The second kappa shape index (κ2) is 5.81. The fraction of sp³-hybridized carbons (Fsp3) is 0.444. The van der Waals surface area contributed by atoms with Gasteiger partial charge in [-0.15, -0.1) is 0 Å². The Hall–Kier alpha value is -2.14. The molecule has 0 aliphatic carbocycles. The Kier molecular flexibility index (Phi) is 3.98. The van der Waals surface area contributed by atoms with E-state index in [1.54, 1.807) is 12.3 Å². The third-order valence-electron chi connectivity index (χ3n) is 4.86. The first kappa shape index (κ1) is 15.7. The van der Waals surface area contributed by atoms with Gasteiger partial charge in [-0.3, -0.25) is 9.78 Å². The number of hydrogen-bond acceptors (Lipinski definition) is 4. The largest absolute Gasteiger partial charge is 0.390 e. The molecular weight excluding hydrogens is 290 g/mol. The normalized spacial score (nSPS) is 16.7. The molecule has 3 N–H and O–H groups in total. The summed E-state index contributed by atoms with van der Waals surface area (Å²) < 4.78 is 0. The molecule has 0 atom stereocenters. The number of fused-ring (bicyclic) bond motifs is 1. The minimum absolute atomic E-state index is 0.308. The summed E-state index contributed by atoms with van der Waals surface area (Å²) in [5.74, 6) is -0.113. The molecule has 23 heavy (non-hydrogen) atoms. The average Bonchev–Trinajstić information content (AvgIpc) is 2.53. The van der Waals surface area contributed by atoms with Crippen LogP contribution >= 0.6 is 0 Å². The number of aliphatic hydroxyl groups is 1. The highest BCUT2D eigenvalue weighted by Gasteiger charge is 2.31. The maximum Gasteiger partial charge on any atom is 0.248 e. The van der Waals surface area contributed by atoms with E-state index < -0.39 is 11.5 Å². The van der Waals surface area contributed by atoms with E-state index in [0.717, 1.165) is 42.4 Å². The van der Waals surface area contributed by atoms with Crippen molar-refractivity contribution in [2.45, 2.75) is 32.3 Å². The standard InChI is InChI=1S/C18H23N3O2/c1-18(2,23)14-5-7-21(8-6-14)16-11-20-10-13-4-3-12(17(19)22)9-15(13)16/h3-4,9-11,14,23H,5-8H2,1-2H3,(H2,19,22). The molecule has 1 fully saturated rings. The van der Waals surface area contributed by atoms with Crippen molar-refractivity contribution >= 4 is 22.4 Å². The van der Waals surface area contributed by atoms with E-state index in [1.807, 2.05) is 32.2 Å². The Labute approximate surface area is 136 Å². The number of benzene rings is 1. The molecule has 1 aliphatic rings. The molecule has 5 nitrogen and oxygen atoms in total. The monoisotopic (exact) mass is 313 g/mol. The molecule has 5 heteroatoms. The van der Waals surface area contributed by atoms with E-state index in [1.165, 1.54) is 0 Å². The lowest BCUT2D eigenvalue weighted by Gasteiger charge is -2.39. The van der Waals surface area contributed by atoms with Crippen molar-refractivity contribution in [3.63, 3.8) is 0 Å². The molecule has 1 saturated heterocycles. The van der Waals surface area contributed by atoms with Crippen molar-refractivity contribution in [1.82, 2.24) is 4.98 Å². The molecule has 1 amide bonds. The first-order valence-corrected chi connectivity index (χ1v) is 8.01. The number of carbonyl (C=O) groups excluding carboxylic acids is 1. The highest BCUT2D eigenvalue weighted by atomic mass is 16.3. The molecule has 0 radical (unpaired) electrons. The number of nitrogens with zero attached hydrogens (tertiary/aromatic N) is 2. The fourth-order valence-corrected chi connectivity index (χ4v) is 3.38. The molecule has 0 spiro atoms. The fourth-order valence-electron chi connectivity index (χ4n) is 3.38. The summed E-state index contributed by atoms with van der Waals surface area (Å²) in [5, 5.41) is 12.2. The van der Waals surface area contributed by atoms with Crippen LogP contribution in [0.25, 0.3) is 10.8 Å². The van der Waals surface area contributed by atoms with Crippen LogP contribution in [0.4, 0.5) is 5.69 Å². The van der Waals surface area contributed by atoms with Gasteiger partial charge in [-0.2, -0.15) is 0 Å². The Balaban J connectivity index is 1.91. The lowest BCUT2D eigenvalue weighted by molar-refractivity contribution is 0.00653. The van der Waals surface area contributed by atoms with Crippen LogP contribution in [0, 0.1) is 5.92 Å². The first-order valence-electron chi connectivity index (χ1n) is 8.01. The van der Waals surface area contributed by atoms with Crippen molar-refractivity contribution in [1.29, 1.82) is 0 Å². The van der Waals surface area contributed by atoms with E-state index in [-0.39, 0.29) is 0 Å². The second-order valence-corrected chi connectivity index (χ2v) is 6.87. The van der Waals surface area contributed by atoms with Crippen LogP contribution in [0.15, 0.2) is 30.6 Å². The van der Waals surface area contributed by atoms with Crippen molar-refractivity contribution < 1.29 is 9.90 Å². The molecule has 0 unspecified atom stereocenters. The van der Waals surface area contributed by atoms with Gasteiger partial charge < -0.3 is 15.7 Å². The van der Waals surface area contributed by atoms with Crippen LogP contribution in [-0.2, 0) is 0 Å². The molecular formula is C18H23N3O2. The van der Waals surface area contributed by atoms with Gasteiger partial charge in [-0.1, -0.05) is 6.07 Å². The highest BCUT2D eigenvalue weighted by molar-refractivity contribution is 6.01. The number of aromatic nitrogens is 1. The maximum atomic E-state index is 11.5. The zero-order valence-electron chi connectivity index (χ0n) is 13.6. The predicted molar refractivity (Wildman–Crippen MR) is 91.5 cm³/mol. The van der Waals surface area contributed by atoms with Gasteiger partial charge in [0.1, 0.15) is 0 Å². The summed E-state index contributed by atoms with van der Waals surface area (Å²) in [5.41, 5.74) is 6.30. The van der Waals surface area contributed by atoms with E-state index >= 15 is 0 Å². The van der Waals surface area contributed by atoms with Gasteiger partial charge >= 0.3 is 0 Å². The van der Waals surface area contributed by atoms with Gasteiger partial charge in [0.25, 0.3) is 0 Å². The van der Waals surface area contributed by atoms with Crippen LogP contribution in [0.3, 0.4) is 0 Å². The number of primary amides is 1. The summed E-state index contributed by atoms with van der Waals surface area (Å²) in [4.78, 5) is 18.1. The molecule has 1 aromatic carbocycles.